The van der Waals surface area contributed by atoms with Gasteiger partial charge in [-0.15, -0.1) is 0 Å². The van der Waals surface area contributed by atoms with Gasteiger partial charge in [-0.25, -0.2) is 0 Å². The van der Waals surface area contributed by atoms with Crippen LogP contribution in [0.4, 0.5) is 0 Å². The maximum Gasteiger partial charge on any atom is 0.306 e. The van der Waals surface area contributed by atoms with Gasteiger partial charge in [-0.3, -0.25) is 14.4 Å². The number of esters is 3. The van der Waals surface area contributed by atoms with Crippen LogP contribution in [0.1, 0.15) is 348 Å². The molecule has 0 aliphatic carbocycles. The summed E-state index contributed by atoms with van der Waals surface area (Å²) in [5, 5.41) is 0. The Labute approximate surface area is 472 Å². The van der Waals surface area contributed by atoms with E-state index in [-0.39, 0.29) is 37.5 Å². The van der Waals surface area contributed by atoms with Crippen LogP contribution in [0.2, 0.25) is 0 Å². The summed E-state index contributed by atoms with van der Waals surface area (Å²) in [4.78, 5) is 38.3. The van der Waals surface area contributed by atoms with E-state index in [0.29, 0.717) is 19.3 Å². The fourth-order valence-electron chi connectivity index (χ4n) is 9.81. The molecule has 0 aliphatic rings. The molecule has 0 saturated heterocycles. The van der Waals surface area contributed by atoms with Crippen molar-refractivity contribution in [3.05, 3.63) is 60.8 Å². The second-order valence-electron chi connectivity index (χ2n) is 22.4. The predicted octanol–water partition coefficient (Wildman–Crippen LogP) is 22.7. The Morgan fingerprint density at radius 2 is 0.539 bits per heavy atom. The number of carbonyl (C=O) groups is 3. The first-order valence-electron chi connectivity index (χ1n) is 33.3. The van der Waals surface area contributed by atoms with Crippen molar-refractivity contribution in [1.29, 1.82) is 0 Å². The van der Waals surface area contributed by atoms with Crippen molar-refractivity contribution in [2.24, 2.45) is 0 Å². The summed E-state index contributed by atoms with van der Waals surface area (Å²) in [6.45, 7) is 6.51. The van der Waals surface area contributed by atoms with Gasteiger partial charge in [0.1, 0.15) is 13.2 Å². The minimum absolute atomic E-state index is 0.0947. The van der Waals surface area contributed by atoms with Crippen LogP contribution in [-0.2, 0) is 28.6 Å². The Kier molecular flexibility index (Phi) is 62.2. The maximum atomic E-state index is 12.9. The molecule has 0 saturated carbocycles. The van der Waals surface area contributed by atoms with Crippen LogP contribution in [0.5, 0.6) is 0 Å². The molecule has 1 atom stereocenters. The Hall–Kier alpha value is -2.89. The van der Waals surface area contributed by atoms with E-state index in [4.69, 9.17) is 14.2 Å². The van der Waals surface area contributed by atoms with Gasteiger partial charge in [0.2, 0.25) is 0 Å². The molecule has 0 fully saturated rings. The lowest BCUT2D eigenvalue weighted by Crippen LogP contribution is -2.30. The zero-order valence-corrected chi connectivity index (χ0v) is 50.8. The van der Waals surface area contributed by atoms with E-state index >= 15 is 0 Å². The number of hydrogen-bond donors (Lipinski definition) is 0. The highest BCUT2D eigenvalue weighted by Gasteiger charge is 2.19. The Morgan fingerprint density at radius 1 is 0.276 bits per heavy atom. The van der Waals surface area contributed by atoms with Crippen molar-refractivity contribution >= 4 is 17.9 Å². The standard InChI is InChI=1S/C70H126O6/c1-4-7-10-13-16-19-22-25-27-29-31-32-33-34-35-36-37-38-39-41-42-45-48-51-54-57-60-63-69(72)75-66-67(65-74-68(71)62-59-56-53-50-47-44-24-21-18-15-12-9-6-3)76-70(73)64-61-58-55-52-49-46-43-40-30-28-26-23-20-17-14-11-8-5-2/h9,12,18,21,28,30,44,47,53,56,67H,4-8,10-11,13-17,19-20,22-27,29,31-43,45-46,48-52,54-55,57-66H2,1-3H3/b12-9-,21-18-,30-28-,47-44-,56-53-. The zero-order valence-electron chi connectivity index (χ0n) is 50.8. The van der Waals surface area contributed by atoms with Crippen LogP contribution in [-0.4, -0.2) is 37.2 Å². The summed E-state index contributed by atoms with van der Waals surface area (Å²) in [6.07, 6.45) is 82.7. The molecule has 0 N–H and O–H groups in total. The normalized spacial score (nSPS) is 12.4. The third kappa shape index (κ3) is 62.0. The van der Waals surface area contributed by atoms with E-state index in [1.54, 1.807) is 0 Å². The van der Waals surface area contributed by atoms with Crippen molar-refractivity contribution in [2.45, 2.75) is 354 Å². The van der Waals surface area contributed by atoms with Gasteiger partial charge in [-0.05, 0) is 70.6 Å². The molecule has 0 amide bonds. The highest BCUT2D eigenvalue weighted by atomic mass is 16.6. The third-order valence-electron chi connectivity index (χ3n) is 14.8. The van der Waals surface area contributed by atoms with E-state index in [1.807, 2.05) is 6.08 Å². The first kappa shape index (κ1) is 73.1. The second-order valence-corrected chi connectivity index (χ2v) is 22.4. The molecule has 0 aromatic carbocycles. The van der Waals surface area contributed by atoms with E-state index in [0.717, 1.165) is 64.2 Å². The van der Waals surface area contributed by atoms with Gasteiger partial charge in [0.25, 0.3) is 0 Å². The Morgan fingerprint density at radius 3 is 0.882 bits per heavy atom. The van der Waals surface area contributed by atoms with Crippen LogP contribution < -0.4 is 0 Å². The van der Waals surface area contributed by atoms with Crippen LogP contribution in [0, 0.1) is 0 Å². The molecule has 0 rings (SSSR count). The van der Waals surface area contributed by atoms with Crippen molar-refractivity contribution in [3.63, 3.8) is 0 Å². The van der Waals surface area contributed by atoms with E-state index in [9.17, 15) is 14.4 Å². The summed E-state index contributed by atoms with van der Waals surface area (Å²) in [7, 11) is 0. The van der Waals surface area contributed by atoms with Crippen molar-refractivity contribution in [3.8, 4) is 0 Å². The average molecular weight is 1060 g/mol. The van der Waals surface area contributed by atoms with E-state index in [2.05, 4.69) is 75.5 Å². The van der Waals surface area contributed by atoms with Gasteiger partial charge in [0.15, 0.2) is 6.10 Å². The maximum absolute atomic E-state index is 12.9. The molecule has 6 nitrogen and oxygen atoms in total. The zero-order chi connectivity index (χ0) is 55.0. The number of rotatable bonds is 61. The molecule has 1 unspecified atom stereocenters. The van der Waals surface area contributed by atoms with Gasteiger partial charge in [0.05, 0.1) is 0 Å². The number of allylic oxidation sites excluding steroid dienone is 10. The number of carbonyl (C=O) groups excluding carboxylic acids is 3. The molecule has 0 aromatic heterocycles. The van der Waals surface area contributed by atoms with E-state index in [1.165, 1.54) is 238 Å². The summed E-state index contributed by atoms with van der Waals surface area (Å²) < 4.78 is 16.9. The highest BCUT2D eigenvalue weighted by molar-refractivity contribution is 5.71. The van der Waals surface area contributed by atoms with Crippen LogP contribution in [0.3, 0.4) is 0 Å². The lowest BCUT2D eigenvalue weighted by atomic mass is 10.0. The predicted molar refractivity (Wildman–Crippen MR) is 330 cm³/mol. The quantitative estimate of drug-likeness (QED) is 0.0261. The highest BCUT2D eigenvalue weighted by Crippen LogP contribution is 2.18. The summed E-state index contributed by atoms with van der Waals surface area (Å²) in [6, 6.07) is 0. The summed E-state index contributed by atoms with van der Waals surface area (Å²) in [5.74, 6) is -0.966. The van der Waals surface area contributed by atoms with Crippen LogP contribution >= 0.6 is 0 Å². The molecule has 76 heavy (non-hydrogen) atoms. The first-order chi connectivity index (χ1) is 37.5. The van der Waals surface area contributed by atoms with Crippen molar-refractivity contribution in [1.82, 2.24) is 0 Å². The smallest absolute Gasteiger partial charge is 0.306 e. The molecular formula is C70H126O6. The van der Waals surface area contributed by atoms with Crippen molar-refractivity contribution in [2.75, 3.05) is 13.2 Å². The Balaban J connectivity index is 4.25. The van der Waals surface area contributed by atoms with Gasteiger partial charge < -0.3 is 14.2 Å². The van der Waals surface area contributed by atoms with Gasteiger partial charge in [-0.2, -0.15) is 0 Å². The fourth-order valence-corrected chi connectivity index (χ4v) is 9.81. The molecular weight excluding hydrogens is 937 g/mol. The SMILES string of the molecule is CC/C=C\C/C=C\C/C=C\C/C=C\CCC(=O)OCC(COC(=O)CCCCCCCCCCCCCCCCCCCCCCCCCCCCC)OC(=O)CCCCCCCCC/C=C\CCCCCCCCC. The second kappa shape index (κ2) is 64.6. The molecule has 0 aliphatic heterocycles. The van der Waals surface area contributed by atoms with Gasteiger partial charge in [-0.1, -0.05) is 319 Å². The molecule has 0 aromatic rings. The number of unbranched alkanes of at least 4 members (excludes halogenated alkanes) is 40. The largest absolute Gasteiger partial charge is 0.462 e. The van der Waals surface area contributed by atoms with Crippen LogP contribution in [0.25, 0.3) is 0 Å². The van der Waals surface area contributed by atoms with Crippen molar-refractivity contribution < 1.29 is 28.6 Å². The molecule has 0 spiro atoms. The third-order valence-corrected chi connectivity index (χ3v) is 14.8. The number of ether oxygens (including phenoxy) is 3. The average Bonchev–Trinajstić information content (AvgIpc) is 3.42. The fraction of sp³-hybridized carbons (Fsp3) is 0.814. The Bertz CT molecular complexity index is 1360. The summed E-state index contributed by atoms with van der Waals surface area (Å²) >= 11 is 0. The monoisotopic (exact) mass is 1060 g/mol. The van der Waals surface area contributed by atoms with E-state index < -0.39 is 6.10 Å². The molecule has 6 heteroatoms. The minimum Gasteiger partial charge on any atom is -0.462 e. The topological polar surface area (TPSA) is 78.9 Å². The summed E-state index contributed by atoms with van der Waals surface area (Å²) in [5.41, 5.74) is 0. The first-order valence-corrected chi connectivity index (χ1v) is 33.3. The molecule has 0 heterocycles. The molecule has 0 radical (unpaired) electrons. The molecule has 0 bridgehead atoms. The van der Waals surface area contributed by atoms with Crippen LogP contribution in [0.15, 0.2) is 60.8 Å². The lowest BCUT2D eigenvalue weighted by molar-refractivity contribution is -0.166. The molecule has 442 valence electrons. The van der Waals surface area contributed by atoms with Gasteiger partial charge >= 0.3 is 17.9 Å². The minimum atomic E-state index is -0.804. The number of hydrogen-bond acceptors (Lipinski definition) is 6. The lowest BCUT2D eigenvalue weighted by Gasteiger charge is -2.18. The van der Waals surface area contributed by atoms with Gasteiger partial charge in [0, 0.05) is 19.3 Å².